The standard InChI is InChI=1S/C20H28N2O7.C13H20O6/c1-4-16(23)21-9-10-22-17(24)13-18(25)29-12-11-28-15-7-5-14(6-8-15)19(26)20(2,3)27;1-3-12(15)18-9-10-19-13(16)7-5-4-6-8-17-11(2)14/h5-8,27H,4,9-13H2,1-3H3,(H,21,23)(H,22,24);3H,1,4-10H2,2H3. The average Bonchev–Trinajstić information content (AvgIpc) is 3.04. The fourth-order valence-corrected chi connectivity index (χ4v) is 3.34. The predicted molar refractivity (Wildman–Crippen MR) is 172 cm³/mol. The maximum Gasteiger partial charge on any atom is 0.330 e. The van der Waals surface area contributed by atoms with Crippen LogP contribution < -0.4 is 15.4 Å². The van der Waals surface area contributed by atoms with Crippen molar-refractivity contribution < 1.29 is 62.4 Å². The van der Waals surface area contributed by atoms with Crippen molar-refractivity contribution in [3.8, 4) is 5.75 Å². The molecule has 0 saturated carbocycles. The van der Waals surface area contributed by atoms with Crippen molar-refractivity contribution in [3.05, 3.63) is 42.5 Å². The molecule has 1 aromatic rings. The molecule has 0 aliphatic rings. The second kappa shape index (κ2) is 25.3. The highest BCUT2D eigenvalue weighted by molar-refractivity contribution is 6.01. The molecule has 0 fully saturated rings. The molecule has 0 aliphatic carbocycles. The summed E-state index contributed by atoms with van der Waals surface area (Å²) in [5.41, 5.74) is -1.09. The third-order valence-electron chi connectivity index (χ3n) is 5.77. The minimum Gasteiger partial charge on any atom is -0.490 e. The monoisotopic (exact) mass is 680 g/mol. The number of rotatable bonds is 22. The van der Waals surface area contributed by atoms with Crippen LogP contribution in [-0.2, 0) is 47.7 Å². The first-order valence-electron chi connectivity index (χ1n) is 15.5. The van der Waals surface area contributed by atoms with Gasteiger partial charge in [-0.05, 0) is 57.4 Å². The van der Waals surface area contributed by atoms with E-state index in [0.717, 1.165) is 18.9 Å². The molecule has 268 valence electrons. The van der Waals surface area contributed by atoms with Gasteiger partial charge in [0, 0.05) is 44.5 Å². The molecule has 1 aromatic carbocycles. The van der Waals surface area contributed by atoms with Gasteiger partial charge in [0.15, 0.2) is 5.78 Å². The van der Waals surface area contributed by atoms with Crippen LogP contribution in [0.4, 0.5) is 0 Å². The first-order valence-corrected chi connectivity index (χ1v) is 15.5. The fourth-order valence-electron chi connectivity index (χ4n) is 3.34. The van der Waals surface area contributed by atoms with E-state index in [9.17, 15) is 38.7 Å². The van der Waals surface area contributed by atoms with Gasteiger partial charge in [0.2, 0.25) is 11.8 Å². The smallest absolute Gasteiger partial charge is 0.330 e. The third kappa shape index (κ3) is 23.5. The minimum atomic E-state index is -1.45. The van der Waals surface area contributed by atoms with Gasteiger partial charge in [-0.25, -0.2) is 4.79 Å². The van der Waals surface area contributed by atoms with Crippen molar-refractivity contribution in [1.29, 1.82) is 0 Å². The van der Waals surface area contributed by atoms with E-state index in [1.807, 2.05) is 0 Å². The normalized spacial score (nSPS) is 10.3. The highest BCUT2D eigenvalue weighted by atomic mass is 16.6. The van der Waals surface area contributed by atoms with Gasteiger partial charge < -0.3 is 39.4 Å². The van der Waals surface area contributed by atoms with Gasteiger partial charge in [0.25, 0.3) is 0 Å². The van der Waals surface area contributed by atoms with Crippen molar-refractivity contribution >= 4 is 41.5 Å². The summed E-state index contributed by atoms with van der Waals surface area (Å²) in [6, 6.07) is 6.22. The molecule has 0 bridgehead atoms. The second-order valence-corrected chi connectivity index (χ2v) is 10.5. The Bertz CT molecular complexity index is 1190. The van der Waals surface area contributed by atoms with Gasteiger partial charge in [-0.1, -0.05) is 13.5 Å². The number of benzene rings is 1. The molecule has 0 saturated heterocycles. The molecule has 0 radical (unpaired) electrons. The molecule has 48 heavy (non-hydrogen) atoms. The molecule has 3 N–H and O–H groups in total. The maximum absolute atomic E-state index is 11.9. The summed E-state index contributed by atoms with van der Waals surface area (Å²) in [6.07, 6.45) is 3.48. The molecule has 0 heterocycles. The van der Waals surface area contributed by atoms with Gasteiger partial charge >= 0.3 is 23.9 Å². The Kier molecular flexibility index (Phi) is 22.8. The summed E-state index contributed by atoms with van der Waals surface area (Å²) in [7, 11) is 0. The molecule has 0 aromatic heterocycles. The van der Waals surface area contributed by atoms with Crippen molar-refractivity contribution in [3.63, 3.8) is 0 Å². The quantitative estimate of drug-likeness (QED) is 0.0400. The number of hydrogen-bond acceptors (Lipinski definition) is 13. The minimum absolute atomic E-state index is 0.0308. The molecule has 0 aliphatic heterocycles. The SMILES string of the molecule is C=CC(=O)OCCOC(=O)CCCCCOC(C)=O.CCC(=O)NCCNC(=O)CC(=O)OCCOc1ccc(C(=O)C(C)(C)O)cc1. The first-order chi connectivity index (χ1) is 22.7. The zero-order valence-electron chi connectivity index (χ0n) is 28.1. The van der Waals surface area contributed by atoms with E-state index in [1.54, 1.807) is 19.1 Å². The van der Waals surface area contributed by atoms with Gasteiger partial charge in [0.1, 0.15) is 44.2 Å². The van der Waals surface area contributed by atoms with Gasteiger partial charge in [-0.2, -0.15) is 0 Å². The van der Waals surface area contributed by atoms with Crippen molar-refractivity contribution in [2.45, 2.75) is 71.8 Å². The summed E-state index contributed by atoms with van der Waals surface area (Å²) in [5, 5.41) is 14.8. The summed E-state index contributed by atoms with van der Waals surface area (Å²) >= 11 is 0. The van der Waals surface area contributed by atoms with Crippen LogP contribution in [0.25, 0.3) is 0 Å². The molecule has 1 rings (SSSR count). The number of Topliss-reactive ketones (excluding diaryl/α,β-unsaturated/α-hetero) is 1. The van der Waals surface area contributed by atoms with Crippen molar-refractivity contribution in [2.75, 3.05) is 46.1 Å². The highest BCUT2D eigenvalue weighted by Crippen LogP contribution is 2.17. The summed E-state index contributed by atoms with van der Waals surface area (Å²) in [4.78, 5) is 78.5. The van der Waals surface area contributed by atoms with E-state index >= 15 is 0 Å². The van der Waals surface area contributed by atoms with E-state index in [-0.39, 0.29) is 50.8 Å². The van der Waals surface area contributed by atoms with Crippen LogP contribution in [0.5, 0.6) is 5.75 Å². The Morgan fingerprint density at radius 3 is 1.94 bits per heavy atom. The molecule has 0 atom stereocenters. The topological polar surface area (TPSA) is 210 Å². The highest BCUT2D eigenvalue weighted by Gasteiger charge is 2.25. The number of esters is 4. The molecular weight excluding hydrogens is 632 g/mol. The van der Waals surface area contributed by atoms with Gasteiger partial charge in [-0.15, -0.1) is 0 Å². The number of carbonyl (C=O) groups is 7. The lowest BCUT2D eigenvalue weighted by Crippen LogP contribution is -2.35. The van der Waals surface area contributed by atoms with E-state index in [1.165, 1.54) is 32.9 Å². The maximum atomic E-state index is 11.9. The number of hydrogen-bond donors (Lipinski definition) is 3. The zero-order valence-corrected chi connectivity index (χ0v) is 28.1. The van der Waals surface area contributed by atoms with Crippen molar-refractivity contribution in [2.24, 2.45) is 0 Å². The van der Waals surface area contributed by atoms with Crippen molar-refractivity contribution in [1.82, 2.24) is 10.6 Å². The summed E-state index contributed by atoms with van der Waals surface area (Å²) in [5.74, 6) is -2.39. The molecule has 0 unspecified atom stereocenters. The van der Waals surface area contributed by atoms with E-state index in [2.05, 4.69) is 21.9 Å². The molecule has 0 spiro atoms. The van der Waals surface area contributed by atoms with Crippen LogP contribution in [0.1, 0.15) is 76.6 Å². The van der Waals surface area contributed by atoms with E-state index in [4.69, 9.17) is 18.9 Å². The Balaban J connectivity index is 0.00000101. The molecule has 2 amide bonds. The summed E-state index contributed by atoms with van der Waals surface area (Å²) < 4.78 is 24.6. The lowest BCUT2D eigenvalue weighted by atomic mass is 9.97. The second-order valence-electron chi connectivity index (χ2n) is 10.5. The number of amides is 2. The fraction of sp³-hybridized carbons (Fsp3) is 0.545. The van der Waals surface area contributed by atoms with Gasteiger partial charge in [0.05, 0.1) is 6.61 Å². The van der Waals surface area contributed by atoms with Crippen LogP contribution >= 0.6 is 0 Å². The Labute approximate surface area is 280 Å². The number of ketones is 1. The third-order valence-corrected chi connectivity index (χ3v) is 5.77. The molecular formula is C33H48N2O13. The Morgan fingerprint density at radius 2 is 1.35 bits per heavy atom. The number of unbranched alkanes of at least 4 members (excludes halogenated alkanes) is 2. The van der Waals surface area contributed by atoms with Gasteiger partial charge in [-0.3, -0.25) is 28.8 Å². The van der Waals surface area contributed by atoms with Crippen LogP contribution in [0.2, 0.25) is 0 Å². The van der Waals surface area contributed by atoms with Crippen LogP contribution in [0.15, 0.2) is 36.9 Å². The van der Waals surface area contributed by atoms with Crippen LogP contribution in [-0.4, -0.2) is 98.3 Å². The van der Waals surface area contributed by atoms with E-state index in [0.29, 0.717) is 43.7 Å². The molecule has 15 nitrogen and oxygen atoms in total. The Morgan fingerprint density at radius 1 is 0.771 bits per heavy atom. The predicted octanol–water partition coefficient (Wildman–Crippen LogP) is 1.98. The average molecular weight is 681 g/mol. The lowest BCUT2D eigenvalue weighted by Gasteiger charge is -2.15. The number of nitrogens with one attached hydrogen (secondary N) is 2. The Hall–Kier alpha value is -4.79. The van der Waals surface area contributed by atoms with Crippen LogP contribution in [0.3, 0.4) is 0 Å². The molecule has 15 heteroatoms. The number of carbonyl (C=O) groups excluding carboxylic acids is 7. The zero-order chi connectivity index (χ0) is 36.4. The number of aliphatic hydroxyl groups is 1. The van der Waals surface area contributed by atoms with E-state index < -0.39 is 35.7 Å². The number of ether oxygens (including phenoxy) is 5. The summed E-state index contributed by atoms with van der Waals surface area (Å²) in [6.45, 7) is 10.2. The van der Waals surface area contributed by atoms with Crippen LogP contribution in [0, 0.1) is 0 Å². The first kappa shape index (κ1) is 43.2. The lowest BCUT2D eigenvalue weighted by molar-refractivity contribution is -0.149. The largest absolute Gasteiger partial charge is 0.490 e.